The van der Waals surface area contributed by atoms with E-state index >= 15 is 0 Å². The molecule has 1 aliphatic carbocycles. The average molecular weight is 300 g/mol. The monoisotopic (exact) mass is 299 g/mol. The first-order valence-electron chi connectivity index (χ1n) is 6.67. The zero-order valence-corrected chi connectivity index (χ0v) is 12.7. The Hall–Kier alpha value is -0.730. The van der Waals surface area contributed by atoms with Crippen molar-refractivity contribution in [1.82, 2.24) is 5.32 Å². The average Bonchev–Trinajstić information content (AvgIpc) is 2.89. The third-order valence-electron chi connectivity index (χ3n) is 4.08. The van der Waals surface area contributed by atoms with Crippen LogP contribution in [0.15, 0.2) is 18.2 Å². The number of hydrogen-bond donors (Lipinski definition) is 1. The fourth-order valence-corrected chi connectivity index (χ4v) is 3.24. The van der Waals surface area contributed by atoms with E-state index in [1.807, 2.05) is 6.92 Å². The van der Waals surface area contributed by atoms with Gasteiger partial charge in [-0.25, -0.2) is 0 Å². The summed E-state index contributed by atoms with van der Waals surface area (Å²) in [6.45, 7) is 2.52. The molecule has 0 radical (unpaired) electrons. The SMILES string of the molecule is Cc1c(Cl)cccc1C(=O)NCC1(CCl)CCCC1. The van der Waals surface area contributed by atoms with E-state index in [2.05, 4.69) is 5.32 Å². The van der Waals surface area contributed by atoms with Crippen molar-refractivity contribution >= 4 is 29.1 Å². The third kappa shape index (κ3) is 3.24. The van der Waals surface area contributed by atoms with Crippen LogP contribution in [-0.4, -0.2) is 18.3 Å². The maximum Gasteiger partial charge on any atom is 0.251 e. The molecule has 0 aliphatic heterocycles. The minimum absolute atomic E-state index is 0.0589. The van der Waals surface area contributed by atoms with Crippen molar-refractivity contribution in [2.45, 2.75) is 32.6 Å². The number of rotatable bonds is 4. The first-order valence-corrected chi connectivity index (χ1v) is 7.58. The standard InChI is InChI=1S/C15H19Cl2NO/c1-11-12(5-4-6-13(11)17)14(19)18-10-15(9-16)7-2-3-8-15/h4-6H,2-3,7-10H2,1H3,(H,18,19). The van der Waals surface area contributed by atoms with Crippen LogP contribution in [0.3, 0.4) is 0 Å². The molecule has 1 aromatic rings. The predicted octanol–water partition coefficient (Wildman–Crippen LogP) is 4.18. The lowest BCUT2D eigenvalue weighted by molar-refractivity contribution is 0.0934. The molecule has 2 rings (SSSR count). The Labute approximate surface area is 124 Å². The van der Waals surface area contributed by atoms with E-state index in [9.17, 15) is 4.79 Å². The zero-order chi connectivity index (χ0) is 13.9. The number of carbonyl (C=O) groups excluding carboxylic acids is 1. The van der Waals surface area contributed by atoms with Gasteiger partial charge in [-0.1, -0.05) is 30.5 Å². The Morgan fingerprint density at radius 1 is 1.37 bits per heavy atom. The van der Waals surface area contributed by atoms with Crippen molar-refractivity contribution < 1.29 is 4.79 Å². The Morgan fingerprint density at radius 2 is 2.05 bits per heavy atom. The highest BCUT2D eigenvalue weighted by Gasteiger charge is 2.33. The molecular formula is C15H19Cl2NO. The molecule has 1 N–H and O–H groups in total. The van der Waals surface area contributed by atoms with E-state index in [1.54, 1.807) is 18.2 Å². The molecule has 1 aliphatic rings. The lowest BCUT2D eigenvalue weighted by Gasteiger charge is -2.26. The quantitative estimate of drug-likeness (QED) is 0.830. The number of benzene rings is 1. The molecule has 19 heavy (non-hydrogen) atoms. The predicted molar refractivity (Wildman–Crippen MR) is 80.1 cm³/mol. The summed E-state index contributed by atoms with van der Waals surface area (Å²) >= 11 is 12.1. The summed E-state index contributed by atoms with van der Waals surface area (Å²) in [4.78, 5) is 12.2. The minimum atomic E-state index is -0.0589. The number of hydrogen-bond acceptors (Lipinski definition) is 1. The second-order valence-corrected chi connectivity index (χ2v) is 6.11. The van der Waals surface area contributed by atoms with Gasteiger partial charge in [0, 0.05) is 28.4 Å². The minimum Gasteiger partial charge on any atom is -0.351 e. The fourth-order valence-electron chi connectivity index (χ4n) is 2.70. The van der Waals surface area contributed by atoms with Gasteiger partial charge >= 0.3 is 0 Å². The smallest absolute Gasteiger partial charge is 0.251 e. The van der Waals surface area contributed by atoms with Crippen molar-refractivity contribution in [2.75, 3.05) is 12.4 Å². The Balaban J connectivity index is 2.03. The van der Waals surface area contributed by atoms with E-state index in [0.717, 1.165) is 18.4 Å². The zero-order valence-electron chi connectivity index (χ0n) is 11.1. The summed E-state index contributed by atoms with van der Waals surface area (Å²) in [5, 5.41) is 3.64. The van der Waals surface area contributed by atoms with Gasteiger partial charge in [-0.2, -0.15) is 0 Å². The molecular weight excluding hydrogens is 281 g/mol. The molecule has 0 bridgehead atoms. The normalized spacial score (nSPS) is 17.4. The van der Waals surface area contributed by atoms with E-state index in [1.165, 1.54) is 12.8 Å². The van der Waals surface area contributed by atoms with Gasteiger partial charge in [-0.3, -0.25) is 4.79 Å². The van der Waals surface area contributed by atoms with Crippen LogP contribution in [0.2, 0.25) is 5.02 Å². The molecule has 0 saturated heterocycles. The van der Waals surface area contributed by atoms with E-state index in [4.69, 9.17) is 23.2 Å². The van der Waals surface area contributed by atoms with Crippen molar-refractivity contribution in [2.24, 2.45) is 5.41 Å². The molecule has 4 heteroatoms. The fraction of sp³-hybridized carbons (Fsp3) is 0.533. The number of amides is 1. The molecule has 104 valence electrons. The number of nitrogens with one attached hydrogen (secondary N) is 1. The third-order valence-corrected chi connectivity index (χ3v) is 5.06. The molecule has 1 saturated carbocycles. The van der Waals surface area contributed by atoms with Gasteiger partial charge in [0.1, 0.15) is 0 Å². The van der Waals surface area contributed by atoms with Gasteiger partial charge in [0.2, 0.25) is 0 Å². The van der Waals surface area contributed by atoms with Crippen LogP contribution < -0.4 is 5.32 Å². The molecule has 0 heterocycles. The molecule has 1 amide bonds. The van der Waals surface area contributed by atoms with E-state index in [-0.39, 0.29) is 11.3 Å². The molecule has 1 aromatic carbocycles. The van der Waals surface area contributed by atoms with E-state index in [0.29, 0.717) is 23.0 Å². The summed E-state index contributed by atoms with van der Waals surface area (Å²) in [6, 6.07) is 5.40. The van der Waals surface area contributed by atoms with Crippen LogP contribution in [0, 0.1) is 12.3 Å². The van der Waals surface area contributed by atoms with Crippen LogP contribution in [0.1, 0.15) is 41.6 Å². The van der Waals surface area contributed by atoms with Crippen LogP contribution in [0.4, 0.5) is 0 Å². The highest BCUT2D eigenvalue weighted by atomic mass is 35.5. The van der Waals surface area contributed by atoms with Crippen LogP contribution in [0.25, 0.3) is 0 Å². The Bertz CT molecular complexity index is 467. The summed E-state index contributed by atoms with van der Waals surface area (Å²) in [5.74, 6) is 0.554. The molecule has 1 fully saturated rings. The molecule has 0 aromatic heterocycles. The molecule has 0 atom stereocenters. The first kappa shape index (κ1) is 14.7. The second-order valence-electron chi connectivity index (χ2n) is 5.44. The van der Waals surface area contributed by atoms with Crippen molar-refractivity contribution in [3.63, 3.8) is 0 Å². The maximum absolute atomic E-state index is 12.2. The summed E-state index contributed by atoms with van der Waals surface area (Å²) in [7, 11) is 0. The highest BCUT2D eigenvalue weighted by molar-refractivity contribution is 6.31. The lowest BCUT2D eigenvalue weighted by Crippen LogP contribution is -2.37. The second kappa shape index (κ2) is 6.15. The summed E-state index contributed by atoms with van der Waals surface area (Å²) in [6.07, 6.45) is 4.62. The van der Waals surface area contributed by atoms with Crippen LogP contribution in [0.5, 0.6) is 0 Å². The van der Waals surface area contributed by atoms with Gasteiger partial charge in [0.05, 0.1) is 0 Å². The Morgan fingerprint density at radius 3 is 2.68 bits per heavy atom. The Kier molecular flexibility index (Phi) is 4.75. The number of alkyl halides is 1. The van der Waals surface area contributed by atoms with Gasteiger partial charge in [0.15, 0.2) is 0 Å². The first-order chi connectivity index (χ1) is 9.08. The van der Waals surface area contributed by atoms with Gasteiger partial charge < -0.3 is 5.32 Å². The van der Waals surface area contributed by atoms with E-state index < -0.39 is 0 Å². The van der Waals surface area contributed by atoms with Crippen molar-refractivity contribution in [1.29, 1.82) is 0 Å². The number of halogens is 2. The number of carbonyl (C=O) groups is 1. The van der Waals surface area contributed by atoms with Crippen LogP contribution in [-0.2, 0) is 0 Å². The van der Waals surface area contributed by atoms with Gasteiger partial charge in [0.25, 0.3) is 5.91 Å². The summed E-state index contributed by atoms with van der Waals surface area (Å²) in [5.41, 5.74) is 1.56. The lowest BCUT2D eigenvalue weighted by atomic mass is 9.88. The van der Waals surface area contributed by atoms with Gasteiger partial charge in [-0.15, -0.1) is 11.6 Å². The largest absolute Gasteiger partial charge is 0.351 e. The molecule has 0 spiro atoms. The van der Waals surface area contributed by atoms with Crippen molar-refractivity contribution in [3.8, 4) is 0 Å². The van der Waals surface area contributed by atoms with Crippen LogP contribution >= 0.6 is 23.2 Å². The molecule has 0 unspecified atom stereocenters. The topological polar surface area (TPSA) is 29.1 Å². The van der Waals surface area contributed by atoms with Crippen molar-refractivity contribution in [3.05, 3.63) is 34.3 Å². The highest BCUT2D eigenvalue weighted by Crippen LogP contribution is 2.38. The van der Waals surface area contributed by atoms with Gasteiger partial charge in [-0.05, 0) is 37.5 Å². The maximum atomic E-state index is 12.2. The summed E-state index contributed by atoms with van der Waals surface area (Å²) < 4.78 is 0. The molecule has 2 nitrogen and oxygen atoms in total.